The molecule has 4 heteroatoms. The van der Waals surface area contributed by atoms with E-state index in [0.717, 1.165) is 23.4 Å². The lowest BCUT2D eigenvalue weighted by Gasteiger charge is -2.24. The lowest BCUT2D eigenvalue weighted by molar-refractivity contribution is -0.144. The smallest absolute Gasteiger partial charge is 0.306 e. The standard InChI is InChI=1S/C13H17NO3/c1-2-16-13(15)6-9-5-10-7-11(14)3-4-12(10)17-8-9/h3-4,7,9H,2,5-6,8,14H2,1H3/t9-/m1/s1. The maximum atomic E-state index is 11.4. The van der Waals surface area contributed by atoms with Gasteiger partial charge >= 0.3 is 5.97 Å². The number of nitrogen functional groups attached to an aromatic ring is 1. The summed E-state index contributed by atoms with van der Waals surface area (Å²) >= 11 is 0. The van der Waals surface area contributed by atoms with Crippen LogP contribution in [0.2, 0.25) is 0 Å². The molecule has 0 radical (unpaired) electrons. The molecule has 1 aromatic rings. The number of esters is 1. The van der Waals surface area contributed by atoms with Crippen molar-refractivity contribution in [2.24, 2.45) is 5.92 Å². The first kappa shape index (κ1) is 11.8. The normalized spacial score (nSPS) is 18.1. The van der Waals surface area contributed by atoms with Crippen molar-refractivity contribution in [1.82, 2.24) is 0 Å². The molecule has 92 valence electrons. The predicted octanol–water partition coefficient (Wildman–Crippen LogP) is 1.77. The van der Waals surface area contributed by atoms with E-state index in [1.165, 1.54) is 0 Å². The summed E-state index contributed by atoms with van der Waals surface area (Å²) in [6.45, 7) is 2.80. The summed E-state index contributed by atoms with van der Waals surface area (Å²) in [5.41, 5.74) is 7.53. The van der Waals surface area contributed by atoms with E-state index in [2.05, 4.69) is 0 Å². The van der Waals surface area contributed by atoms with E-state index < -0.39 is 0 Å². The zero-order valence-corrected chi connectivity index (χ0v) is 9.94. The van der Waals surface area contributed by atoms with E-state index in [0.29, 0.717) is 19.6 Å². The number of nitrogens with two attached hydrogens (primary N) is 1. The molecule has 0 aromatic heterocycles. The SMILES string of the molecule is CCOC(=O)C[C@@H]1COc2ccc(N)cc2C1. The van der Waals surface area contributed by atoms with Crippen LogP contribution in [0.3, 0.4) is 0 Å². The molecule has 1 aliphatic heterocycles. The highest BCUT2D eigenvalue weighted by Crippen LogP contribution is 2.30. The Bertz CT molecular complexity index is 417. The highest BCUT2D eigenvalue weighted by Gasteiger charge is 2.22. The second kappa shape index (κ2) is 5.08. The highest BCUT2D eigenvalue weighted by molar-refractivity contribution is 5.69. The number of ether oxygens (including phenoxy) is 2. The lowest BCUT2D eigenvalue weighted by atomic mass is 9.94. The average Bonchev–Trinajstić information content (AvgIpc) is 2.28. The predicted molar refractivity (Wildman–Crippen MR) is 64.8 cm³/mol. The zero-order chi connectivity index (χ0) is 12.3. The minimum Gasteiger partial charge on any atom is -0.493 e. The van der Waals surface area contributed by atoms with Gasteiger partial charge in [-0.1, -0.05) is 0 Å². The van der Waals surface area contributed by atoms with Crippen molar-refractivity contribution in [3.8, 4) is 5.75 Å². The number of carbonyl (C=O) groups is 1. The fourth-order valence-corrected chi connectivity index (χ4v) is 2.06. The van der Waals surface area contributed by atoms with Gasteiger partial charge in [-0.05, 0) is 37.1 Å². The van der Waals surface area contributed by atoms with Gasteiger partial charge in [-0.15, -0.1) is 0 Å². The summed E-state index contributed by atoms with van der Waals surface area (Å²) in [6.07, 6.45) is 1.22. The second-order valence-electron chi connectivity index (χ2n) is 4.26. The second-order valence-corrected chi connectivity index (χ2v) is 4.26. The van der Waals surface area contributed by atoms with E-state index in [9.17, 15) is 4.79 Å². The third kappa shape index (κ3) is 2.90. The number of rotatable bonds is 3. The molecule has 0 bridgehead atoms. The van der Waals surface area contributed by atoms with Crippen molar-refractivity contribution in [2.75, 3.05) is 18.9 Å². The van der Waals surface area contributed by atoms with E-state index in [1.807, 2.05) is 25.1 Å². The molecule has 0 unspecified atom stereocenters. The maximum absolute atomic E-state index is 11.4. The first-order valence-electron chi connectivity index (χ1n) is 5.86. The molecule has 0 saturated heterocycles. The number of hydrogen-bond acceptors (Lipinski definition) is 4. The van der Waals surface area contributed by atoms with Crippen LogP contribution in [0.5, 0.6) is 5.75 Å². The molecule has 0 aliphatic carbocycles. The van der Waals surface area contributed by atoms with Crippen LogP contribution in [-0.4, -0.2) is 19.2 Å². The van der Waals surface area contributed by atoms with Crippen LogP contribution >= 0.6 is 0 Å². The molecule has 4 nitrogen and oxygen atoms in total. The minimum absolute atomic E-state index is 0.159. The topological polar surface area (TPSA) is 61.5 Å². The number of anilines is 1. The van der Waals surface area contributed by atoms with Crippen molar-refractivity contribution >= 4 is 11.7 Å². The summed E-state index contributed by atoms with van der Waals surface area (Å²) in [4.78, 5) is 11.4. The van der Waals surface area contributed by atoms with Gasteiger partial charge < -0.3 is 15.2 Å². The van der Waals surface area contributed by atoms with Gasteiger partial charge in [0.05, 0.1) is 19.6 Å². The van der Waals surface area contributed by atoms with E-state index in [-0.39, 0.29) is 11.9 Å². The summed E-state index contributed by atoms with van der Waals surface area (Å²) in [5.74, 6) is 0.899. The lowest BCUT2D eigenvalue weighted by Crippen LogP contribution is -2.24. The minimum atomic E-state index is -0.159. The number of benzene rings is 1. The molecule has 1 heterocycles. The van der Waals surface area contributed by atoms with E-state index >= 15 is 0 Å². The molecule has 1 atom stereocenters. The van der Waals surface area contributed by atoms with Crippen LogP contribution < -0.4 is 10.5 Å². The molecule has 0 fully saturated rings. The van der Waals surface area contributed by atoms with E-state index in [4.69, 9.17) is 15.2 Å². The molecular weight excluding hydrogens is 218 g/mol. The number of fused-ring (bicyclic) bond motifs is 1. The molecule has 1 aromatic carbocycles. The number of carbonyl (C=O) groups excluding carboxylic acids is 1. The third-order valence-electron chi connectivity index (χ3n) is 2.83. The Balaban J connectivity index is 2.00. The third-order valence-corrected chi connectivity index (χ3v) is 2.83. The Kier molecular flexibility index (Phi) is 3.52. The van der Waals surface area contributed by atoms with Crippen LogP contribution in [0.1, 0.15) is 18.9 Å². The Morgan fingerprint density at radius 1 is 1.59 bits per heavy atom. The van der Waals surface area contributed by atoms with Crippen molar-refractivity contribution in [3.05, 3.63) is 23.8 Å². The summed E-state index contributed by atoms with van der Waals surface area (Å²) < 4.78 is 10.5. The Morgan fingerprint density at radius 3 is 3.18 bits per heavy atom. The molecule has 1 aliphatic rings. The van der Waals surface area contributed by atoms with Crippen LogP contribution in [0, 0.1) is 5.92 Å². The number of hydrogen-bond donors (Lipinski definition) is 1. The highest BCUT2D eigenvalue weighted by atomic mass is 16.5. The quantitative estimate of drug-likeness (QED) is 0.640. The Morgan fingerprint density at radius 2 is 2.41 bits per heavy atom. The monoisotopic (exact) mass is 235 g/mol. The summed E-state index contributed by atoms with van der Waals surface area (Å²) in [6, 6.07) is 5.61. The maximum Gasteiger partial charge on any atom is 0.306 e. The molecule has 0 spiro atoms. The fraction of sp³-hybridized carbons (Fsp3) is 0.462. The molecule has 0 saturated carbocycles. The summed E-state index contributed by atoms with van der Waals surface area (Å²) in [7, 11) is 0. The van der Waals surface area contributed by atoms with Crippen LogP contribution in [0.25, 0.3) is 0 Å². The van der Waals surface area contributed by atoms with Gasteiger partial charge in [0.15, 0.2) is 0 Å². The van der Waals surface area contributed by atoms with Crippen molar-refractivity contribution < 1.29 is 14.3 Å². The summed E-state index contributed by atoms with van der Waals surface area (Å²) in [5, 5.41) is 0. The Labute approximate surface area is 101 Å². The van der Waals surface area contributed by atoms with Crippen LogP contribution in [-0.2, 0) is 16.0 Å². The molecule has 2 N–H and O–H groups in total. The largest absolute Gasteiger partial charge is 0.493 e. The molecular formula is C13H17NO3. The van der Waals surface area contributed by atoms with Gasteiger partial charge in [-0.25, -0.2) is 0 Å². The first-order chi connectivity index (χ1) is 8.19. The van der Waals surface area contributed by atoms with Gasteiger partial charge in [0.25, 0.3) is 0 Å². The molecule has 17 heavy (non-hydrogen) atoms. The van der Waals surface area contributed by atoms with Crippen molar-refractivity contribution in [3.63, 3.8) is 0 Å². The van der Waals surface area contributed by atoms with Crippen molar-refractivity contribution in [2.45, 2.75) is 19.8 Å². The zero-order valence-electron chi connectivity index (χ0n) is 9.94. The first-order valence-corrected chi connectivity index (χ1v) is 5.86. The van der Waals surface area contributed by atoms with Crippen LogP contribution in [0.15, 0.2) is 18.2 Å². The van der Waals surface area contributed by atoms with Gasteiger partial charge in [-0.3, -0.25) is 4.79 Å². The molecule has 0 amide bonds. The molecule has 2 rings (SSSR count). The van der Waals surface area contributed by atoms with Crippen LogP contribution in [0.4, 0.5) is 5.69 Å². The van der Waals surface area contributed by atoms with E-state index in [1.54, 1.807) is 0 Å². The van der Waals surface area contributed by atoms with Gasteiger partial charge in [0, 0.05) is 11.6 Å². The van der Waals surface area contributed by atoms with Gasteiger partial charge in [0.2, 0.25) is 0 Å². The van der Waals surface area contributed by atoms with Crippen molar-refractivity contribution in [1.29, 1.82) is 0 Å². The average molecular weight is 235 g/mol. The fourth-order valence-electron chi connectivity index (χ4n) is 2.06. The van der Waals surface area contributed by atoms with Gasteiger partial charge in [-0.2, -0.15) is 0 Å². The van der Waals surface area contributed by atoms with Gasteiger partial charge in [0.1, 0.15) is 5.75 Å². The Hall–Kier alpha value is -1.71.